The van der Waals surface area contributed by atoms with Crippen molar-refractivity contribution >= 4 is 8.07 Å². The Balaban J connectivity index is 1.80. The molecule has 0 unspecified atom stereocenters. The third-order valence-electron chi connectivity index (χ3n) is 3.89. The van der Waals surface area contributed by atoms with Crippen molar-refractivity contribution < 1.29 is 0 Å². The molecule has 0 aromatic rings. The van der Waals surface area contributed by atoms with Crippen LogP contribution in [0.5, 0.6) is 0 Å². The summed E-state index contributed by atoms with van der Waals surface area (Å²) in [6.07, 6.45) is 21.1. The molecule has 1 saturated heterocycles. The highest BCUT2D eigenvalue weighted by Gasteiger charge is 2.50. The van der Waals surface area contributed by atoms with Crippen LogP contribution in [0.15, 0.2) is 0 Å². The summed E-state index contributed by atoms with van der Waals surface area (Å²) in [5.74, 6) is 0. The van der Waals surface area contributed by atoms with E-state index in [1.54, 1.807) is 11.1 Å². The van der Waals surface area contributed by atoms with Crippen LogP contribution in [0.25, 0.3) is 0 Å². The third kappa shape index (κ3) is 1.71. The van der Waals surface area contributed by atoms with E-state index >= 15 is 0 Å². The molecule has 1 heteroatoms. The van der Waals surface area contributed by atoms with Crippen LogP contribution < -0.4 is 0 Å². The molecule has 0 spiro atoms. The molecule has 0 atom stereocenters. The first-order valence-electron chi connectivity index (χ1n) is 5.86. The minimum atomic E-state index is -1.28. The Labute approximate surface area is 95.8 Å². The minimum Gasteiger partial charge on any atom is -0.0563 e. The fraction of sp³-hybridized carbons (Fsp3) is 0.286. The van der Waals surface area contributed by atoms with Crippen LogP contribution in [0.1, 0.15) is 12.8 Å². The maximum absolute atomic E-state index is 2.35. The standard InChI is InChI=1S/C14H16Si/c1-2-8-13(7-1)15(11-5-6-12-15)14-9-3-4-10-14/h1-4,7-10H,5-6,11-12H2. The zero-order valence-electron chi connectivity index (χ0n) is 8.95. The Kier molecular flexibility index (Phi) is 2.93. The monoisotopic (exact) mass is 212 g/mol. The van der Waals surface area contributed by atoms with Crippen molar-refractivity contribution in [2.45, 2.75) is 24.9 Å². The lowest BCUT2D eigenvalue weighted by Crippen LogP contribution is -2.44. The maximum atomic E-state index is 2.35. The van der Waals surface area contributed by atoms with Crippen LogP contribution in [-0.2, 0) is 0 Å². The smallest absolute Gasteiger partial charge is 0.0563 e. The molecular formula is C14H16Si. The average Bonchev–Trinajstić information content (AvgIpc) is 3.02. The van der Waals surface area contributed by atoms with Gasteiger partial charge in [-0.15, -0.1) is 0 Å². The maximum Gasteiger partial charge on any atom is 0.0678 e. The first-order chi connectivity index (χ1) is 7.42. The zero-order chi connectivity index (χ0) is 10.1. The molecule has 0 aromatic carbocycles. The quantitative estimate of drug-likeness (QED) is 0.617. The van der Waals surface area contributed by atoms with E-state index in [2.05, 4.69) is 51.4 Å². The molecule has 10 radical (unpaired) electrons. The summed E-state index contributed by atoms with van der Waals surface area (Å²) in [5.41, 5.74) is 3.32. The molecule has 3 rings (SSSR count). The van der Waals surface area contributed by atoms with E-state index in [0.29, 0.717) is 0 Å². The highest BCUT2D eigenvalue weighted by molar-refractivity contribution is 6.92. The summed E-state index contributed by atoms with van der Waals surface area (Å²) in [6.45, 7) is 0. The van der Waals surface area contributed by atoms with E-state index in [1.165, 1.54) is 24.9 Å². The van der Waals surface area contributed by atoms with E-state index < -0.39 is 8.07 Å². The lowest BCUT2D eigenvalue weighted by Gasteiger charge is -2.37. The summed E-state index contributed by atoms with van der Waals surface area (Å²) >= 11 is 0. The van der Waals surface area contributed by atoms with Gasteiger partial charge in [-0.3, -0.25) is 0 Å². The predicted octanol–water partition coefficient (Wildman–Crippen LogP) is 3.12. The molecule has 0 aromatic heterocycles. The van der Waals surface area contributed by atoms with Crippen LogP contribution in [0.3, 0.4) is 0 Å². The summed E-state index contributed by atoms with van der Waals surface area (Å²) < 4.78 is 0. The topological polar surface area (TPSA) is 0 Å². The third-order valence-corrected chi connectivity index (χ3v) is 9.18. The highest BCUT2D eigenvalue weighted by atomic mass is 28.3. The number of hydrogen-bond acceptors (Lipinski definition) is 0. The SMILES string of the molecule is [CH]1[CH][CH][C]([Si]2([C]3[CH][CH][CH][CH]3)CCCC2)[CH]1. The molecular weight excluding hydrogens is 196 g/mol. The van der Waals surface area contributed by atoms with Crippen molar-refractivity contribution in [3.8, 4) is 0 Å². The zero-order valence-corrected chi connectivity index (χ0v) is 9.95. The molecule has 0 bridgehead atoms. The molecule has 1 heterocycles. The Morgan fingerprint density at radius 1 is 0.667 bits per heavy atom. The van der Waals surface area contributed by atoms with Gasteiger partial charge in [0, 0.05) is 0 Å². The van der Waals surface area contributed by atoms with Crippen LogP contribution in [0, 0.1) is 62.4 Å². The summed E-state index contributed by atoms with van der Waals surface area (Å²) in [5, 5.41) is 0. The van der Waals surface area contributed by atoms with E-state index in [-0.39, 0.29) is 0 Å². The van der Waals surface area contributed by atoms with Gasteiger partial charge < -0.3 is 0 Å². The van der Waals surface area contributed by atoms with Crippen molar-refractivity contribution in [1.29, 1.82) is 0 Å². The Hall–Kier alpha value is 0.217. The van der Waals surface area contributed by atoms with Gasteiger partial charge in [-0.1, -0.05) is 24.9 Å². The second-order valence-corrected chi connectivity index (χ2v) is 8.96. The fourth-order valence-electron chi connectivity index (χ4n) is 3.11. The van der Waals surface area contributed by atoms with Crippen molar-refractivity contribution in [2.24, 2.45) is 0 Å². The van der Waals surface area contributed by atoms with Crippen LogP contribution in [0.4, 0.5) is 0 Å². The van der Waals surface area contributed by atoms with Gasteiger partial charge in [0.1, 0.15) is 0 Å². The predicted molar refractivity (Wildman–Crippen MR) is 65.5 cm³/mol. The average molecular weight is 212 g/mol. The van der Waals surface area contributed by atoms with Crippen LogP contribution >= 0.6 is 0 Å². The molecule has 0 nitrogen and oxygen atoms in total. The second kappa shape index (κ2) is 4.23. The van der Waals surface area contributed by atoms with E-state index in [1.807, 2.05) is 0 Å². The van der Waals surface area contributed by atoms with Crippen LogP contribution in [-0.4, -0.2) is 8.07 Å². The Morgan fingerprint density at radius 2 is 1.07 bits per heavy atom. The lowest BCUT2D eigenvalue weighted by atomic mass is 10.3. The highest BCUT2D eigenvalue weighted by Crippen LogP contribution is 2.51. The molecule has 15 heavy (non-hydrogen) atoms. The van der Waals surface area contributed by atoms with Gasteiger partial charge in [0.15, 0.2) is 0 Å². The fourth-order valence-corrected chi connectivity index (χ4v) is 8.21. The Morgan fingerprint density at radius 3 is 1.47 bits per heavy atom. The van der Waals surface area contributed by atoms with E-state index in [4.69, 9.17) is 0 Å². The van der Waals surface area contributed by atoms with Crippen molar-refractivity contribution in [3.63, 3.8) is 0 Å². The minimum absolute atomic E-state index is 1.28. The number of rotatable bonds is 2. The van der Waals surface area contributed by atoms with Gasteiger partial charge in [0.05, 0.1) is 8.07 Å². The summed E-state index contributed by atoms with van der Waals surface area (Å²) in [6, 6.07) is 2.92. The number of hydrogen-bond donors (Lipinski definition) is 0. The van der Waals surface area contributed by atoms with E-state index in [9.17, 15) is 0 Å². The molecule has 0 amide bonds. The van der Waals surface area contributed by atoms with Crippen molar-refractivity contribution in [1.82, 2.24) is 0 Å². The molecule has 0 N–H and O–H groups in total. The first-order valence-corrected chi connectivity index (χ1v) is 8.28. The largest absolute Gasteiger partial charge is 0.0678 e. The van der Waals surface area contributed by atoms with Gasteiger partial charge in [-0.25, -0.2) is 0 Å². The van der Waals surface area contributed by atoms with Crippen molar-refractivity contribution in [3.05, 3.63) is 62.4 Å². The second-order valence-electron chi connectivity index (χ2n) is 4.64. The molecule has 3 aliphatic rings. The summed E-state index contributed by atoms with van der Waals surface area (Å²) in [7, 11) is -1.28. The molecule has 1 aliphatic heterocycles. The molecule has 2 aliphatic carbocycles. The molecule has 3 fully saturated rings. The Bertz CT molecular complexity index is 187. The van der Waals surface area contributed by atoms with Gasteiger partial charge in [-0.2, -0.15) is 0 Å². The van der Waals surface area contributed by atoms with Gasteiger partial charge in [0.25, 0.3) is 0 Å². The molecule has 2 saturated carbocycles. The molecule has 76 valence electrons. The van der Waals surface area contributed by atoms with Crippen molar-refractivity contribution in [2.75, 3.05) is 0 Å². The van der Waals surface area contributed by atoms with Gasteiger partial charge in [0.2, 0.25) is 0 Å². The van der Waals surface area contributed by atoms with Crippen LogP contribution in [0.2, 0.25) is 12.1 Å². The first kappa shape index (κ1) is 10.4. The lowest BCUT2D eigenvalue weighted by molar-refractivity contribution is 0.935. The van der Waals surface area contributed by atoms with Gasteiger partial charge in [-0.05, 0) is 62.4 Å². The normalized spacial score (nSPS) is 32.8. The van der Waals surface area contributed by atoms with Gasteiger partial charge >= 0.3 is 0 Å². The summed E-state index contributed by atoms with van der Waals surface area (Å²) in [4.78, 5) is 0. The van der Waals surface area contributed by atoms with E-state index in [0.717, 1.165) is 0 Å².